The van der Waals surface area contributed by atoms with Crippen LogP contribution >= 0.6 is 0 Å². The second-order valence-corrected chi connectivity index (χ2v) is 4.95. The molecular weight excluding hydrogens is 224 g/mol. The molecule has 0 aliphatic heterocycles. The minimum Gasteiger partial charge on any atom is -0.342 e. The Morgan fingerprint density at radius 1 is 1.33 bits per heavy atom. The maximum Gasteiger partial charge on any atom is 0.233 e. The van der Waals surface area contributed by atoms with Crippen LogP contribution in [0.2, 0.25) is 0 Å². The van der Waals surface area contributed by atoms with Crippen molar-refractivity contribution in [1.29, 1.82) is 0 Å². The van der Waals surface area contributed by atoms with E-state index in [1.807, 2.05) is 36.9 Å². The zero-order chi connectivity index (χ0) is 13.2. The molecular formula is C15H22N2O. The SMILES string of the molecule is CCN(CC)C(=O)[C@]1(c2ccccc2)CC1CN. The van der Waals surface area contributed by atoms with E-state index < -0.39 is 0 Å². The van der Waals surface area contributed by atoms with E-state index in [9.17, 15) is 4.79 Å². The van der Waals surface area contributed by atoms with Crippen molar-refractivity contribution in [2.75, 3.05) is 19.6 Å². The van der Waals surface area contributed by atoms with Crippen molar-refractivity contribution in [1.82, 2.24) is 4.90 Å². The van der Waals surface area contributed by atoms with Crippen LogP contribution in [0.5, 0.6) is 0 Å². The number of hydrogen-bond acceptors (Lipinski definition) is 2. The van der Waals surface area contributed by atoms with Crippen LogP contribution in [0.25, 0.3) is 0 Å². The Kier molecular flexibility index (Phi) is 3.71. The highest BCUT2D eigenvalue weighted by atomic mass is 16.2. The predicted octanol–water partition coefficient (Wildman–Crippen LogP) is 1.77. The van der Waals surface area contributed by atoms with Gasteiger partial charge >= 0.3 is 0 Å². The summed E-state index contributed by atoms with van der Waals surface area (Å²) in [5.41, 5.74) is 6.57. The summed E-state index contributed by atoms with van der Waals surface area (Å²) in [5.74, 6) is 0.544. The van der Waals surface area contributed by atoms with Gasteiger partial charge < -0.3 is 10.6 Å². The van der Waals surface area contributed by atoms with Crippen molar-refractivity contribution in [2.24, 2.45) is 11.7 Å². The Balaban J connectivity index is 2.32. The standard InChI is InChI=1S/C15H22N2O/c1-3-17(4-2)14(18)15(10-13(15)11-16)12-8-6-5-7-9-12/h5-9,13H,3-4,10-11,16H2,1-2H3/t13?,15-/m0/s1. The third-order valence-electron chi connectivity index (χ3n) is 4.11. The van der Waals surface area contributed by atoms with Gasteiger partial charge in [0, 0.05) is 13.1 Å². The second-order valence-electron chi connectivity index (χ2n) is 4.95. The molecule has 0 spiro atoms. The topological polar surface area (TPSA) is 46.3 Å². The van der Waals surface area contributed by atoms with E-state index in [1.54, 1.807) is 0 Å². The first-order valence-electron chi connectivity index (χ1n) is 6.75. The molecule has 1 unspecified atom stereocenters. The maximum atomic E-state index is 12.7. The van der Waals surface area contributed by atoms with Gasteiger partial charge in [-0.05, 0) is 38.3 Å². The van der Waals surface area contributed by atoms with Crippen LogP contribution in [0.4, 0.5) is 0 Å². The largest absolute Gasteiger partial charge is 0.342 e. The third kappa shape index (κ3) is 1.93. The molecule has 1 amide bonds. The molecule has 2 N–H and O–H groups in total. The summed E-state index contributed by atoms with van der Waals surface area (Å²) in [5, 5.41) is 0. The highest BCUT2D eigenvalue weighted by molar-refractivity contribution is 5.92. The zero-order valence-electron chi connectivity index (χ0n) is 11.2. The normalized spacial score (nSPS) is 25.8. The molecule has 2 rings (SSSR count). The van der Waals surface area contributed by atoms with Crippen molar-refractivity contribution in [3.05, 3.63) is 35.9 Å². The van der Waals surface area contributed by atoms with E-state index in [4.69, 9.17) is 5.73 Å². The van der Waals surface area contributed by atoms with Crippen LogP contribution in [-0.4, -0.2) is 30.4 Å². The van der Waals surface area contributed by atoms with Gasteiger partial charge in [-0.1, -0.05) is 30.3 Å². The summed E-state index contributed by atoms with van der Waals surface area (Å²) in [7, 11) is 0. The molecule has 3 heteroatoms. The number of carbonyl (C=O) groups is 1. The van der Waals surface area contributed by atoms with Gasteiger partial charge in [0.1, 0.15) is 0 Å². The molecule has 1 aliphatic carbocycles. The summed E-state index contributed by atoms with van der Waals surface area (Å²) in [6.45, 7) is 6.17. The van der Waals surface area contributed by atoms with E-state index in [0.717, 1.165) is 25.1 Å². The van der Waals surface area contributed by atoms with Crippen molar-refractivity contribution in [3.8, 4) is 0 Å². The number of hydrogen-bond donors (Lipinski definition) is 1. The Labute approximate surface area is 109 Å². The minimum atomic E-state index is -0.345. The predicted molar refractivity (Wildman–Crippen MR) is 73.2 cm³/mol. The summed E-state index contributed by atoms with van der Waals surface area (Å²) in [4.78, 5) is 14.6. The lowest BCUT2D eigenvalue weighted by Gasteiger charge is -2.26. The summed E-state index contributed by atoms with van der Waals surface area (Å²) < 4.78 is 0. The fourth-order valence-electron chi connectivity index (χ4n) is 2.88. The first-order valence-corrected chi connectivity index (χ1v) is 6.75. The number of nitrogens with zero attached hydrogens (tertiary/aromatic N) is 1. The van der Waals surface area contributed by atoms with Gasteiger partial charge in [0.05, 0.1) is 5.41 Å². The Hall–Kier alpha value is -1.35. The zero-order valence-corrected chi connectivity index (χ0v) is 11.2. The highest BCUT2D eigenvalue weighted by Crippen LogP contribution is 2.54. The van der Waals surface area contributed by atoms with E-state index in [1.165, 1.54) is 0 Å². The number of nitrogens with two attached hydrogens (primary N) is 1. The lowest BCUT2D eigenvalue weighted by atomic mass is 9.91. The summed E-state index contributed by atoms with van der Waals surface area (Å²) >= 11 is 0. The number of carbonyl (C=O) groups excluding carboxylic acids is 1. The molecule has 1 aromatic rings. The van der Waals surface area contributed by atoms with E-state index >= 15 is 0 Å². The van der Waals surface area contributed by atoms with Crippen molar-refractivity contribution in [3.63, 3.8) is 0 Å². The van der Waals surface area contributed by atoms with Crippen LogP contribution in [0, 0.1) is 5.92 Å². The van der Waals surface area contributed by atoms with E-state index in [-0.39, 0.29) is 11.3 Å². The van der Waals surface area contributed by atoms with Gasteiger partial charge in [-0.15, -0.1) is 0 Å². The molecule has 0 saturated heterocycles. The van der Waals surface area contributed by atoms with Crippen LogP contribution in [0.3, 0.4) is 0 Å². The van der Waals surface area contributed by atoms with Crippen LogP contribution in [0.15, 0.2) is 30.3 Å². The van der Waals surface area contributed by atoms with Gasteiger partial charge in [0.2, 0.25) is 5.91 Å². The molecule has 98 valence electrons. The van der Waals surface area contributed by atoms with Gasteiger partial charge in [0.25, 0.3) is 0 Å². The monoisotopic (exact) mass is 246 g/mol. The Morgan fingerprint density at radius 2 is 1.94 bits per heavy atom. The average Bonchev–Trinajstić information content (AvgIpc) is 3.17. The third-order valence-corrected chi connectivity index (χ3v) is 4.11. The summed E-state index contributed by atoms with van der Waals surface area (Å²) in [6, 6.07) is 10.1. The molecule has 0 aromatic heterocycles. The minimum absolute atomic E-state index is 0.245. The first-order chi connectivity index (χ1) is 8.70. The number of rotatable bonds is 5. The van der Waals surface area contributed by atoms with Crippen molar-refractivity contribution < 1.29 is 4.79 Å². The van der Waals surface area contributed by atoms with Crippen molar-refractivity contribution in [2.45, 2.75) is 25.7 Å². The fourth-order valence-corrected chi connectivity index (χ4v) is 2.88. The van der Waals surface area contributed by atoms with E-state index in [2.05, 4.69) is 12.1 Å². The smallest absolute Gasteiger partial charge is 0.233 e. The Bertz CT molecular complexity index is 414. The van der Waals surface area contributed by atoms with Gasteiger partial charge in [-0.2, -0.15) is 0 Å². The molecule has 18 heavy (non-hydrogen) atoms. The molecule has 1 aliphatic rings. The molecule has 1 fully saturated rings. The van der Waals surface area contributed by atoms with Gasteiger partial charge in [-0.25, -0.2) is 0 Å². The molecule has 2 atom stereocenters. The maximum absolute atomic E-state index is 12.7. The van der Waals surface area contributed by atoms with Gasteiger partial charge in [0.15, 0.2) is 0 Å². The molecule has 1 saturated carbocycles. The van der Waals surface area contributed by atoms with Crippen LogP contribution in [0.1, 0.15) is 25.8 Å². The average molecular weight is 246 g/mol. The van der Waals surface area contributed by atoms with Crippen molar-refractivity contribution >= 4 is 5.91 Å². The lowest BCUT2D eigenvalue weighted by molar-refractivity contribution is -0.134. The second kappa shape index (κ2) is 5.11. The quantitative estimate of drug-likeness (QED) is 0.860. The first kappa shape index (κ1) is 13.1. The molecule has 0 radical (unpaired) electrons. The van der Waals surface area contributed by atoms with Crippen LogP contribution in [-0.2, 0) is 10.2 Å². The highest BCUT2D eigenvalue weighted by Gasteiger charge is 2.61. The molecule has 0 heterocycles. The number of benzene rings is 1. The molecule has 3 nitrogen and oxygen atoms in total. The van der Waals surface area contributed by atoms with Gasteiger partial charge in [-0.3, -0.25) is 4.79 Å². The van der Waals surface area contributed by atoms with E-state index in [0.29, 0.717) is 12.5 Å². The summed E-state index contributed by atoms with van der Waals surface area (Å²) in [6.07, 6.45) is 0.892. The molecule has 0 bridgehead atoms. The van der Waals surface area contributed by atoms with Crippen LogP contribution < -0.4 is 5.73 Å². The lowest BCUT2D eigenvalue weighted by Crippen LogP contribution is -2.40. The number of likely N-dealkylation sites (N-methyl/N-ethyl adjacent to an activating group) is 1. The Morgan fingerprint density at radius 3 is 2.39 bits per heavy atom. The molecule has 1 aromatic carbocycles. The number of amides is 1. The fraction of sp³-hybridized carbons (Fsp3) is 0.533.